The Morgan fingerprint density at radius 1 is 0.309 bits per heavy atom. The Morgan fingerprint density at radius 2 is 0.574 bits per heavy atom. The molecular formula is C62H106O6. The molecule has 0 aliphatic heterocycles. The molecule has 0 radical (unpaired) electrons. The molecule has 6 heteroatoms. The summed E-state index contributed by atoms with van der Waals surface area (Å²) < 4.78 is 16.8. The maximum Gasteiger partial charge on any atom is 0.306 e. The van der Waals surface area contributed by atoms with E-state index in [1.165, 1.54) is 122 Å². The van der Waals surface area contributed by atoms with Crippen molar-refractivity contribution in [3.63, 3.8) is 0 Å². The van der Waals surface area contributed by atoms with E-state index in [2.05, 4.69) is 106 Å². The molecule has 0 aromatic rings. The number of rotatable bonds is 51. The van der Waals surface area contributed by atoms with E-state index in [0.29, 0.717) is 19.3 Å². The van der Waals surface area contributed by atoms with Crippen molar-refractivity contribution in [1.29, 1.82) is 0 Å². The average Bonchev–Trinajstić information content (AvgIpc) is 3.34. The van der Waals surface area contributed by atoms with Gasteiger partial charge in [0.25, 0.3) is 0 Å². The van der Waals surface area contributed by atoms with E-state index in [1.54, 1.807) is 0 Å². The Labute approximate surface area is 420 Å². The molecule has 0 heterocycles. The van der Waals surface area contributed by atoms with Gasteiger partial charge in [-0.1, -0.05) is 241 Å². The molecule has 0 bridgehead atoms. The molecule has 0 amide bonds. The third-order valence-corrected chi connectivity index (χ3v) is 12.1. The standard InChI is InChI=1S/C62H106O6/c1-4-7-10-13-16-19-22-25-28-30-31-33-34-37-40-43-46-49-52-55-61(64)67-58-59(57-66-60(63)54-51-48-45-42-39-36-27-24-21-18-15-12-9-6-3)68-62(65)56-53-50-47-44-41-38-35-32-29-26-23-20-17-14-11-8-5-2/h7,10,16-17,19-20,25-26,28-29,31,33,37,40,59H,4-6,8-9,11-15,18,21-24,27,30,32,34-36,38-39,41-58H2,1-3H3/b10-7-,19-16-,20-17-,28-25-,29-26-,33-31-,40-37-/t59-/m1/s1. The molecule has 0 spiro atoms. The Balaban J connectivity index is 4.45. The number of carbonyl (C=O) groups is 3. The second-order valence-corrected chi connectivity index (χ2v) is 18.8. The van der Waals surface area contributed by atoms with Crippen molar-refractivity contribution in [1.82, 2.24) is 0 Å². The van der Waals surface area contributed by atoms with Gasteiger partial charge in [-0.05, 0) is 96.3 Å². The molecule has 0 aromatic carbocycles. The van der Waals surface area contributed by atoms with Gasteiger partial charge in [0.2, 0.25) is 0 Å². The first-order valence-corrected chi connectivity index (χ1v) is 28.6. The van der Waals surface area contributed by atoms with Crippen molar-refractivity contribution in [2.75, 3.05) is 13.2 Å². The summed E-state index contributed by atoms with van der Waals surface area (Å²) in [6.07, 6.45) is 72.8. The molecule has 1 atom stereocenters. The van der Waals surface area contributed by atoms with Gasteiger partial charge in [0, 0.05) is 19.3 Å². The minimum Gasteiger partial charge on any atom is -0.462 e. The summed E-state index contributed by atoms with van der Waals surface area (Å²) in [5.74, 6) is -0.923. The number of allylic oxidation sites excluding steroid dienone is 14. The monoisotopic (exact) mass is 947 g/mol. The van der Waals surface area contributed by atoms with Gasteiger partial charge in [0.1, 0.15) is 13.2 Å². The van der Waals surface area contributed by atoms with Gasteiger partial charge in [-0.3, -0.25) is 14.4 Å². The third kappa shape index (κ3) is 53.5. The van der Waals surface area contributed by atoms with Crippen molar-refractivity contribution in [2.24, 2.45) is 0 Å². The molecule has 68 heavy (non-hydrogen) atoms. The fourth-order valence-corrected chi connectivity index (χ4v) is 7.85. The zero-order valence-electron chi connectivity index (χ0n) is 44.6. The van der Waals surface area contributed by atoms with E-state index in [0.717, 1.165) is 109 Å². The van der Waals surface area contributed by atoms with Crippen LogP contribution >= 0.6 is 0 Å². The molecule has 0 fully saturated rings. The van der Waals surface area contributed by atoms with Crippen LogP contribution in [-0.2, 0) is 28.6 Å². The lowest BCUT2D eigenvalue weighted by atomic mass is 10.0. The van der Waals surface area contributed by atoms with Crippen LogP contribution in [-0.4, -0.2) is 37.2 Å². The summed E-state index contributed by atoms with van der Waals surface area (Å²) in [4.78, 5) is 38.1. The van der Waals surface area contributed by atoms with Crippen LogP contribution in [0.1, 0.15) is 271 Å². The molecule has 390 valence electrons. The second kappa shape index (κ2) is 56.2. The van der Waals surface area contributed by atoms with E-state index >= 15 is 0 Å². The predicted octanol–water partition coefficient (Wildman–Crippen LogP) is 19.2. The summed E-state index contributed by atoms with van der Waals surface area (Å²) >= 11 is 0. The zero-order chi connectivity index (χ0) is 49.3. The van der Waals surface area contributed by atoms with Crippen molar-refractivity contribution in [3.05, 3.63) is 85.1 Å². The number of hydrogen-bond acceptors (Lipinski definition) is 6. The second-order valence-electron chi connectivity index (χ2n) is 18.8. The highest BCUT2D eigenvalue weighted by atomic mass is 16.6. The molecule has 6 nitrogen and oxygen atoms in total. The molecule has 0 aromatic heterocycles. The Morgan fingerprint density at radius 3 is 0.941 bits per heavy atom. The van der Waals surface area contributed by atoms with E-state index in [-0.39, 0.29) is 31.1 Å². The van der Waals surface area contributed by atoms with Crippen molar-refractivity contribution in [2.45, 2.75) is 277 Å². The van der Waals surface area contributed by atoms with Crippen molar-refractivity contribution >= 4 is 17.9 Å². The van der Waals surface area contributed by atoms with Gasteiger partial charge in [0.05, 0.1) is 0 Å². The quantitative estimate of drug-likeness (QED) is 0.0262. The molecule has 0 rings (SSSR count). The van der Waals surface area contributed by atoms with Crippen LogP contribution in [0.5, 0.6) is 0 Å². The van der Waals surface area contributed by atoms with Gasteiger partial charge >= 0.3 is 17.9 Å². The first-order valence-electron chi connectivity index (χ1n) is 28.6. The van der Waals surface area contributed by atoms with Gasteiger partial charge in [-0.2, -0.15) is 0 Å². The predicted molar refractivity (Wildman–Crippen MR) is 293 cm³/mol. The Bertz CT molecular complexity index is 1320. The summed E-state index contributed by atoms with van der Waals surface area (Å²) in [5.41, 5.74) is 0. The Kier molecular flexibility index (Phi) is 53.4. The highest BCUT2D eigenvalue weighted by Gasteiger charge is 2.19. The van der Waals surface area contributed by atoms with Crippen LogP contribution in [0, 0.1) is 0 Å². The van der Waals surface area contributed by atoms with Crippen LogP contribution < -0.4 is 0 Å². The van der Waals surface area contributed by atoms with Crippen LogP contribution in [0.3, 0.4) is 0 Å². The summed E-state index contributed by atoms with van der Waals surface area (Å²) in [6, 6.07) is 0. The number of unbranched alkanes of at least 4 members (excludes halogenated alkanes) is 26. The van der Waals surface area contributed by atoms with Crippen molar-refractivity contribution < 1.29 is 28.6 Å². The molecule has 0 saturated carbocycles. The lowest BCUT2D eigenvalue weighted by Gasteiger charge is -2.18. The molecule has 0 unspecified atom stereocenters. The largest absolute Gasteiger partial charge is 0.462 e. The zero-order valence-corrected chi connectivity index (χ0v) is 44.6. The van der Waals surface area contributed by atoms with E-state index in [4.69, 9.17) is 14.2 Å². The normalized spacial score (nSPS) is 12.7. The minimum atomic E-state index is -0.794. The van der Waals surface area contributed by atoms with E-state index < -0.39 is 6.10 Å². The first-order chi connectivity index (χ1) is 33.5. The fourth-order valence-electron chi connectivity index (χ4n) is 7.85. The SMILES string of the molecule is CC/C=C\C/C=C\C/C=C\C/C=C\C/C=C\CCCCCC(=O)OC[C@@H](COC(=O)CCCCCCCCCCCCCCCC)OC(=O)CCCCCCCCC/C=C\C/C=C\CCCCC. The smallest absolute Gasteiger partial charge is 0.306 e. The van der Waals surface area contributed by atoms with Gasteiger partial charge in [-0.15, -0.1) is 0 Å². The van der Waals surface area contributed by atoms with Gasteiger partial charge in [-0.25, -0.2) is 0 Å². The van der Waals surface area contributed by atoms with E-state index in [1.807, 2.05) is 0 Å². The highest BCUT2D eigenvalue weighted by Crippen LogP contribution is 2.15. The summed E-state index contributed by atoms with van der Waals surface area (Å²) in [6.45, 7) is 6.48. The fraction of sp³-hybridized carbons (Fsp3) is 0.726. The van der Waals surface area contributed by atoms with E-state index in [9.17, 15) is 14.4 Å². The Hall–Kier alpha value is -3.41. The average molecular weight is 948 g/mol. The number of hydrogen-bond donors (Lipinski definition) is 0. The van der Waals surface area contributed by atoms with Crippen LogP contribution in [0.2, 0.25) is 0 Å². The lowest BCUT2D eigenvalue weighted by Crippen LogP contribution is -2.30. The van der Waals surface area contributed by atoms with Crippen LogP contribution in [0.4, 0.5) is 0 Å². The maximum absolute atomic E-state index is 12.9. The molecule has 0 N–H and O–H groups in total. The minimum absolute atomic E-state index is 0.0886. The third-order valence-electron chi connectivity index (χ3n) is 12.1. The lowest BCUT2D eigenvalue weighted by molar-refractivity contribution is -0.167. The molecule has 0 aliphatic rings. The maximum atomic E-state index is 12.9. The summed E-state index contributed by atoms with van der Waals surface area (Å²) in [7, 11) is 0. The van der Waals surface area contributed by atoms with Crippen molar-refractivity contribution in [3.8, 4) is 0 Å². The first kappa shape index (κ1) is 64.6. The summed E-state index contributed by atoms with van der Waals surface area (Å²) in [5, 5.41) is 0. The molecule has 0 aliphatic carbocycles. The molecule has 0 saturated heterocycles. The number of esters is 3. The van der Waals surface area contributed by atoms with Crippen LogP contribution in [0.15, 0.2) is 85.1 Å². The number of carbonyl (C=O) groups excluding carboxylic acids is 3. The highest BCUT2D eigenvalue weighted by molar-refractivity contribution is 5.71. The topological polar surface area (TPSA) is 78.9 Å². The number of ether oxygens (including phenoxy) is 3. The van der Waals surface area contributed by atoms with Crippen LogP contribution in [0.25, 0.3) is 0 Å². The molecular weight excluding hydrogens is 841 g/mol. The van der Waals surface area contributed by atoms with Gasteiger partial charge < -0.3 is 14.2 Å². The van der Waals surface area contributed by atoms with Gasteiger partial charge in [0.15, 0.2) is 6.10 Å².